The van der Waals surface area contributed by atoms with Crippen LogP contribution in [0.25, 0.3) is 0 Å². The summed E-state index contributed by atoms with van der Waals surface area (Å²) >= 11 is 0. The number of nitrogens with one attached hydrogen (secondary N) is 1. The third-order valence-corrected chi connectivity index (χ3v) is 3.92. The summed E-state index contributed by atoms with van der Waals surface area (Å²) < 4.78 is 11.2. The topological polar surface area (TPSA) is 60.5 Å². The number of anilines is 1. The van der Waals surface area contributed by atoms with Crippen molar-refractivity contribution in [2.75, 3.05) is 18.5 Å². The van der Waals surface area contributed by atoms with E-state index in [9.17, 15) is 4.79 Å². The Morgan fingerprint density at radius 3 is 2.19 bits per heavy atom. The van der Waals surface area contributed by atoms with Gasteiger partial charge in [0.1, 0.15) is 11.5 Å². The van der Waals surface area contributed by atoms with Gasteiger partial charge in [0.15, 0.2) is 6.61 Å². The lowest BCUT2D eigenvalue weighted by molar-refractivity contribution is -0.118. The summed E-state index contributed by atoms with van der Waals surface area (Å²) in [5, 5.41) is 2.75. The maximum Gasteiger partial charge on any atom is 0.262 e. The summed E-state index contributed by atoms with van der Waals surface area (Å²) in [7, 11) is 0. The predicted octanol–water partition coefficient (Wildman–Crippen LogP) is 4.84. The van der Waals surface area contributed by atoms with Gasteiger partial charge in [-0.1, -0.05) is 39.0 Å². The number of hydrogen-bond donors (Lipinski definition) is 1. The number of unbranched alkanes of at least 4 members (excludes halogenated alkanes) is 5. The average Bonchev–Trinajstić information content (AvgIpc) is 2.67. The smallest absolute Gasteiger partial charge is 0.262 e. The molecule has 0 spiro atoms. The van der Waals surface area contributed by atoms with E-state index in [1.807, 2.05) is 24.3 Å². The molecular formula is C21H28N2O3. The van der Waals surface area contributed by atoms with Crippen LogP contribution in [0.4, 0.5) is 5.69 Å². The zero-order valence-corrected chi connectivity index (χ0v) is 15.4. The van der Waals surface area contributed by atoms with E-state index < -0.39 is 0 Å². The van der Waals surface area contributed by atoms with E-state index >= 15 is 0 Å². The molecule has 0 bridgehead atoms. The normalized spacial score (nSPS) is 10.3. The largest absolute Gasteiger partial charge is 0.494 e. The van der Waals surface area contributed by atoms with Crippen LogP contribution in [0, 0.1) is 0 Å². The monoisotopic (exact) mass is 356 g/mol. The molecule has 0 saturated heterocycles. The summed E-state index contributed by atoms with van der Waals surface area (Å²) in [6.45, 7) is 2.92. The number of amides is 1. The molecule has 1 N–H and O–H groups in total. The number of carbonyl (C=O) groups is 1. The molecule has 1 heterocycles. The number of carbonyl (C=O) groups excluding carboxylic acids is 1. The summed E-state index contributed by atoms with van der Waals surface area (Å²) in [5.74, 6) is 1.26. The van der Waals surface area contributed by atoms with E-state index in [0.717, 1.165) is 18.8 Å². The molecule has 0 unspecified atom stereocenters. The summed E-state index contributed by atoms with van der Waals surface area (Å²) in [6, 6.07) is 10.8. The van der Waals surface area contributed by atoms with Crippen molar-refractivity contribution >= 4 is 11.6 Å². The highest BCUT2D eigenvalue weighted by Crippen LogP contribution is 2.18. The lowest BCUT2D eigenvalue weighted by atomic mass is 10.1. The van der Waals surface area contributed by atoms with Crippen LogP contribution in [0.2, 0.25) is 0 Å². The Morgan fingerprint density at radius 1 is 0.885 bits per heavy atom. The number of aromatic nitrogens is 1. The molecule has 0 radical (unpaired) electrons. The number of nitrogens with zero attached hydrogens (tertiary/aromatic N) is 1. The van der Waals surface area contributed by atoms with Crippen LogP contribution in [-0.2, 0) is 4.79 Å². The minimum absolute atomic E-state index is 0.0414. The van der Waals surface area contributed by atoms with Crippen molar-refractivity contribution in [3.63, 3.8) is 0 Å². The third-order valence-electron chi connectivity index (χ3n) is 3.92. The quantitative estimate of drug-likeness (QED) is 0.553. The van der Waals surface area contributed by atoms with E-state index in [4.69, 9.17) is 9.47 Å². The number of rotatable bonds is 12. The van der Waals surface area contributed by atoms with Crippen LogP contribution in [-0.4, -0.2) is 24.1 Å². The van der Waals surface area contributed by atoms with Crippen LogP contribution in [0.5, 0.6) is 11.5 Å². The Kier molecular flexibility index (Phi) is 9.05. The standard InChI is InChI=1S/C21H28N2O3/c1-2-3-4-5-6-7-16-25-19-8-10-20(11-9-19)26-17-21(24)23-18-12-14-22-15-13-18/h8-15H,2-7,16-17H2,1H3,(H,22,23,24). The van der Waals surface area contributed by atoms with Crippen molar-refractivity contribution in [3.05, 3.63) is 48.8 Å². The predicted molar refractivity (Wildman–Crippen MR) is 104 cm³/mol. The van der Waals surface area contributed by atoms with Crippen molar-refractivity contribution in [2.45, 2.75) is 45.4 Å². The number of benzene rings is 1. The summed E-state index contributed by atoms with van der Waals surface area (Å²) in [6.07, 6.45) is 10.7. The highest BCUT2D eigenvalue weighted by molar-refractivity contribution is 5.91. The molecule has 2 aromatic rings. The fourth-order valence-electron chi connectivity index (χ4n) is 2.49. The Labute approximate surface area is 155 Å². The molecule has 0 aliphatic rings. The van der Waals surface area contributed by atoms with Crippen molar-refractivity contribution in [1.29, 1.82) is 0 Å². The first kappa shape index (κ1) is 19.8. The van der Waals surface area contributed by atoms with Crippen LogP contribution in [0.1, 0.15) is 45.4 Å². The van der Waals surface area contributed by atoms with E-state index in [-0.39, 0.29) is 12.5 Å². The number of ether oxygens (including phenoxy) is 2. The molecule has 5 heteroatoms. The van der Waals surface area contributed by atoms with Crippen LogP contribution >= 0.6 is 0 Å². The first-order valence-electron chi connectivity index (χ1n) is 9.33. The highest BCUT2D eigenvalue weighted by Gasteiger charge is 2.04. The molecule has 5 nitrogen and oxygen atoms in total. The van der Waals surface area contributed by atoms with E-state index in [1.165, 1.54) is 32.1 Å². The third kappa shape index (κ3) is 8.01. The van der Waals surface area contributed by atoms with Gasteiger partial charge in [0, 0.05) is 18.1 Å². The van der Waals surface area contributed by atoms with Crippen LogP contribution in [0.15, 0.2) is 48.8 Å². The van der Waals surface area contributed by atoms with Gasteiger partial charge in [0.05, 0.1) is 6.61 Å². The molecule has 1 aromatic heterocycles. The van der Waals surface area contributed by atoms with Gasteiger partial charge >= 0.3 is 0 Å². The summed E-state index contributed by atoms with van der Waals surface area (Å²) in [4.78, 5) is 15.7. The molecule has 0 saturated carbocycles. The van der Waals surface area contributed by atoms with Gasteiger partial charge in [-0.25, -0.2) is 0 Å². The highest BCUT2D eigenvalue weighted by atomic mass is 16.5. The van der Waals surface area contributed by atoms with Gasteiger partial charge in [0.25, 0.3) is 5.91 Å². The number of pyridine rings is 1. The molecule has 0 atom stereocenters. The second-order valence-corrected chi connectivity index (χ2v) is 6.16. The van der Waals surface area contributed by atoms with E-state index in [1.54, 1.807) is 24.5 Å². The maximum absolute atomic E-state index is 11.8. The van der Waals surface area contributed by atoms with Gasteiger partial charge in [-0.2, -0.15) is 0 Å². The van der Waals surface area contributed by atoms with Gasteiger partial charge in [-0.15, -0.1) is 0 Å². The molecule has 26 heavy (non-hydrogen) atoms. The Hall–Kier alpha value is -2.56. The molecule has 2 rings (SSSR count). The van der Waals surface area contributed by atoms with Gasteiger partial charge < -0.3 is 14.8 Å². The molecule has 140 valence electrons. The average molecular weight is 356 g/mol. The van der Waals surface area contributed by atoms with Gasteiger partial charge in [-0.05, 0) is 42.8 Å². The fourth-order valence-corrected chi connectivity index (χ4v) is 2.49. The molecule has 0 fully saturated rings. The van der Waals surface area contributed by atoms with Crippen molar-refractivity contribution in [3.8, 4) is 11.5 Å². The molecule has 1 amide bonds. The molecule has 0 aliphatic carbocycles. The number of hydrogen-bond acceptors (Lipinski definition) is 4. The van der Waals surface area contributed by atoms with Crippen molar-refractivity contribution in [2.24, 2.45) is 0 Å². The Morgan fingerprint density at radius 2 is 1.50 bits per heavy atom. The lowest BCUT2D eigenvalue weighted by Crippen LogP contribution is -2.20. The van der Waals surface area contributed by atoms with Gasteiger partial charge in [-0.3, -0.25) is 9.78 Å². The van der Waals surface area contributed by atoms with Crippen molar-refractivity contribution < 1.29 is 14.3 Å². The minimum atomic E-state index is -0.209. The SMILES string of the molecule is CCCCCCCCOc1ccc(OCC(=O)Nc2ccncc2)cc1. The van der Waals surface area contributed by atoms with Crippen molar-refractivity contribution in [1.82, 2.24) is 4.98 Å². The van der Waals surface area contributed by atoms with Crippen LogP contribution in [0.3, 0.4) is 0 Å². The van der Waals surface area contributed by atoms with E-state index in [0.29, 0.717) is 11.4 Å². The first-order chi connectivity index (χ1) is 12.8. The Bertz CT molecular complexity index is 629. The lowest BCUT2D eigenvalue weighted by Gasteiger charge is -2.09. The molecular weight excluding hydrogens is 328 g/mol. The maximum atomic E-state index is 11.8. The fraction of sp³-hybridized carbons (Fsp3) is 0.429. The molecule has 0 aliphatic heterocycles. The van der Waals surface area contributed by atoms with E-state index in [2.05, 4.69) is 17.2 Å². The second kappa shape index (κ2) is 11.9. The zero-order valence-electron chi connectivity index (χ0n) is 15.4. The van der Waals surface area contributed by atoms with Crippen LogP contribution < -0.4 is 14.8 Å². The van der Waals surface area contributed by atoms with Gasteiger partial charge in [0.2, 0.25) is 0 Å². The first-order valence-corrected chi connectivity index (χ1v) is 9.33. The summed E-state index contributed by atoms with van der Waals surface area (Å²) in [5.41, 5.74) is 0.701. The molecule has 1 aromatic carbocycles. The zero-order chi connectivity index (χ0) is 18.5. The second-order valence-electron chi connectivity index (χ2n) is 6.16. The Balaban J connectivity index is 1.62. The minimum Gasteiger partial charge on any atom is -0.494 e.